The fourth-order valence-electron chi connectivity index (χ4n) is 0.665. The molecule has 0 fully saturated rings. The molecule has 0 N–H and O–H groups in total. The third-order valence-electron chi connectivity index (χ3n) is 1.06. The predicted molar refractivity (Wildman–Crippen MR) is 54.0 cm³/mol. The van der Waals surface area contributed by atoms with Gasteiger partial charge < -0.3 is 4.74 Å². The number of hydrogen-bond donors (Lipinski definition) is 0. The van der Waals surface area contributed by atoms with Crippen LogP contribution in [0.1, 0.15) is 13.8 Å². The summed E-state index contributed by atoms with van der Waals surface area (Å²) in [6, 6.07) is 0. The van der Waals surface area contributed by atoms with Gasteiger partial charge in [-0.05, 0) is 13.8 Å². The Balaban J connectivity index is 2.26. The zero-order valence-electron chi connectivity index (χ0n) is 7.07. The first-order chi connectivity index (χ1) is 5.68. The minimum atomic E-state index is -0.252. The summed E-state index contributed by atoms with van der Waals surface area (Å²) in [5.74, 6) is 0.983. The lowest BCUT2D eigenvalue weighted by Gasteiger charge is -2.05. The second-order valence-corrected chi connectivity index (χ2v) is 4.78. The molecule has 1 aliphatic heterocycles. The van der Waals surface area contributed by atoms with Crippen LogP contribution in [-0.4, -0.2) is 28.1 Å². The molecule has 0 aliphatic carbocycles. The molecule has 68 valence electrons. The Bertz CT molecular complexity index is 204. The molecule has 0 saturated carbocycles. The molecule has 0 aromatic heterocycles. The van der Waals surface area contributed by atoms with Crippen molar-refractivity contribution in [3.8, 4) is 0 Å². The molecule has 1 rings (SSSR count). The van der Waals surface area contributed by atoms with Crippen LogP contribution in [0.3, 0.4) is 0 Å². The van der Waals surface area contributed by atoms with Gasteiger partial charge in [0.2, 0.25) is 0 Å². The lowest BCUT2D eigenvalue weighted by Crippen LogP contribution is -2.07. The predicted octanol–water partition coefficient (Wildman–Crippen LogP) is 2.37. The Hall–Kier alpha value is -0.160. The Morgan fingerprint density at radius 1 is 1.75 bits per heavy atom. The van der Waals surface area contributed by atoms with Crippen LogP contribution in [0.4, 0.5) is 4.79 Å². The van der Waals surface area contributed by atoms with E-state index in [0.717, 1.165) is 28.4 Å². The molecule has 0 radical (unpaired) electrons. The van der Waals surface area contributed by atoms with E-state index in [1.807, 2.05) is 13.8 Å². The minimum absolute atomic E-state index is 0.0444. The summed E-state index contributed by atoms with van der Waals surface area (Å²) in [4.78, 5) is 15.2. The topological polar surface area (TPSA) is 38.7 Å². The van der Waals surface area contributed by atoms with Crippen LogP contribution in [0.25, 0.3) is 0 Å². The summed E-state index contributed by atoms with van der Waals surface area (Å²) >= 11 is 2.70. The highest BCUT2D eigenvalue weighted by molar-refractivity contribution is 8.44. The van der Waals surface area contributed by atoms with E-state index in [4.69, 9.17) is 4.74 Å². The average Bonchev–Trinajstić information content (AvgIpc) is 2.37. The normalized spacial score (nSPS) is 16.4. The maximum Gasteiger partial charge on any atom is 0.374 e. The van der Waals surface area contributed by atoms with Crippen LogP contribution >= 0.6 is 23.5 Å². The van der Waals surface area contributed by atoms with Crippen molar-refractivity contribution in [2.45, 2.75) is 20.0 Å². The minimum Gasteiger partial charge on any atom is -0.455 e. The maximum absolute atomic E-state index is 11.1. The zero-order chi connectivity index (χ0) is 8.97. The maximum atomic E-state index is 11.1. The number of rotatable bonds is 1. The van der Waals surface area contributed by atoms with E-state index in [2.05, 4.69) is 4.99 Å². The number of carbonyl (C=O) groups excluding carboxylic acids is 1. The quantitative estimate of drug-likeness (QED) is 0.616. The van der Waals surface area contributed by atoms with Gasteiger partial charge >= 0.3 is 5.30 Å². The number of thioether (sulfide) groups is 2. The van der Waals surface area contributed by atoms with Gasteiger partial charge in [-0.3, -0.25) is 4.99 Å². The molecule has 0 amide bonds. The fraction of sp³-hybridized carbons (Fsp3) is 0.714. The van der Waals surface area contributed by atoms with Crippen molar-refractivity contribution in [1.82, 2.24) is 0 Å². The number of ether oxygens (including phenoxy) is 1. The monoisotopic (exact) mass is 205 g/mol. The second-order valence-electron chi connectivity index (χ2n) is 2.51. The highest BCUT2D eigenvalue weighted by Gasteiger charge is 2.14. The summed E-state index contributed by atoms with van der Waals surface area (Å²) in [6.45, 7) is 4.49. The van der Waals surface area contributed by atoms with Crippen LogP contribution in [0.2, 0.25) is 0 Å². The highest BCUT2D eigenvalue weighted by atomic mass is 32.2. The Kier molecular flexibility index (Phi) is 3.94. The molecule has 0 atom stereocenters. The Labute approximate surface area is 80.3 Å². The van der Waals surface area contributed by atoms with Gasteiger partial charge in [-0.2, -0.15) is 0 Å². The molecule has 0 spiro atoms. The lowest BCUT2D eigenvalue weighted by molar-refractivity contribution is 0.143. The van der Waals surface area contributed by atoms with E-state index < -0.39 is 0 Å². The summed E-state index contributed by atoms with van der Waals surface area (Å²) in [6.07, 6.45) is -0.0444. The van der Waals surface area contributed by atoms with E-state index >= 15 is 0 Å². The van der Waals surface area contributed by atoms with Gasteiger partial charge in [0.05, 0.1) is 12.6 Å². The number of nitrogens with zero attached hydrogens (tertiary/aromatic N) is 1. The number of hydrogen-bond acceptors (Lipinski definition) is 5. The first-order valence-corrected chi connectivity index (χ1v) is 5.54. The lowest BCUT2D eigenvalue weighted by atomic mass is 10.5. The first-order valence-electron chi connectivity index (χ1n) is 3.74. The van der Waals surface area contributed by atoms with Crippen LogP contribution in [0, 0.1) is 0 Å². The zero-order valence-corrected chi connectivity index (χ0v) is 8.70. The average molecular weight is 205 g/mol. The largest absolute Gasteiger partial charge is 0.455 e. The van der Waals surface area contributed by atoms with Crippen LogP contribution in [-0.2, 0) is 4.74 Å². The van der Waals surface area contributed by atoms with Crippen molar-refractivity contribution in [2.24, 2.45) is 4.99 Å². The molecular weight excluding hydrogens is 194 g/mol. The van der Waals surface area contributed by atoms with Crippen LogP contribution in [0.15, 0.2) is 4.99 Å². The second kappa shape index (κ2) is 4.77. The van der Waals surface area contributed by atoms with Crippen molar-refractivity contribution in [3.05, 3.63) is 0 Å². The number of carbonyl (C=O) groups is 1. The van der Waals surface area contributed by atoms with E-state index in [1.54, 1.807) is 11.8 Å². The van der Waals surface area contributed by atoms with E-state index in [-0.39, 0.29) is 11.4 Å². The molecule has 0 aromatic rings. The van der Waals surface area contributed by atoms with Crippen molar-refractivity contribution in [1.29, 1.82) is 0 Å². The summed E-state index contributed by atoms with van der Waals surface area (Å²) in [5.41, 5.74) is 0. The van der Waals surface area contributed by atoms with E-state index in [9.17, 15) is 4.79 Å². The van der Waals surface area contributed by atoms with E-state index in [0.29, 0.717) is 0 Å². The molecular formula is C7H11NO2S2. The van der Waals surface area contributed by atoms with Gasteiger partial charge in [0.25, 0.3) is 0 Å². The SMILES string of the molecule is CC(C)OC(=O)SC1=NCCS1. The van der Waals surface area contributed by atoms with Crippen molar-refractivity contribution in [3.63, 3.8) is 0 Å². The molecule has 12 heavy (non-hydrogen) atoms. The smallest absolute Gasteiger partial charge is 0.374 e. The first kappa shape index (κ1) is 9.92. The van der Waals surface area contributed by atoms with Crippen LogP contribution in [0.5, 0.6) is 0 Å². The van der Waals surface area contributed by atoms with Crippen LogP contribution < -0.4 is 0 Å². The summed E-state index contributed by atoms with van der Waals surface area (Å²) in [7, 11) is 0. The third kappa shape index (κ3) is 3.49. The van der Waals surface area contributed by atoms with Crippen molar-refractivity contribution < 1.29 is 9.53 Å². The molecule has 1 aliphatic rings. The fourth-order valence-corrected chi connectivity index (χ4v) is 2.43. The van der Waals surface area contributed by atoms with Gasteiger partial charge in [-0.25, -0.2) is 4.79 Å². The standard InChI is InChI=1S/C7H11NO2S2/c1-5(2)10-7(9)12-6-8-3-4-11-6/h5H,3-4H2,1-2H3. The van der Waals surface area contributed by atoms with E-state index in [1.165, 1.54) is 0 Å². The molecule has 0 bridgehead atoms. The van der Waals surface area contributed by atoms with Gasteiger partial charge in [-0.15, -0.1) is 0 Å². The van der Waals surface area contributed by atoms with Gasteiger partial charge in [0, 0.05) is 17.5 Å². The van der Waals surface area contributed by atoms with Crippen molar-refractivity contribution >= 4 is 33.2 Å². The molecule has 5 heteroatoms. The molecule has 0 aromatic carbocycles. The third-order valence-corrected chi connectivity index (χ3v) is 2.99. The van der Waals surface area contributed by atoms with Gasteiger partial charge in [0.15, 0.2) is 0 Å². The van der Waals surface area contributed by atoms with Gasteiger partial charge in [0.1, 0.15) is 4.38 Å². The Morgan fingerprint density at radius 2 is 2.50 bits per heavy atom. The highest BCUT2D eigenvalue weighted by Crippen LogP contribution is 2.23. The molecule has 0 unspecified atom stereocenters. The molecule has 3 nitrogen and oxygen atoms in total. The van der Waals surface area contributed by atoms with Crippen molar-refractivity contribution in [2.75, 3.05) is 12.3 Å². The van der Waals surface area contributed by atoms with Gasteiger partial charge in [-0.1, -0.05) is 11.8 Å². The molecule has 0 saturated heterocycles. The summed E-state index contributed by atoms with van der Waals surface area (Å²) in [5, 5.41) is -0.252. The Morgan fingerprint density at radius 3 is 3.00 bits per heavy atom. The molecule has 1 heterocycles. The number of aliphatic imine (C=N–C) groups is 1. The summed E-state index contributed by atoms with van der Waals surface area (Å²) < 4.78 is 5.78.